The van der Waals surface area contributed by atoms with Crippen molar-refractivity contribution in [3.63, 3.8) is 0 Å². The van der Waals surface area contributed by atoms with Gasteiger partial charge in [0.1, 0.15) is 5.75 Å². The maximum Gasteiger partial charge on any atom is 0.360 e. The van der Waals surface area contributed by atoms with Gasteiger partial charge < -0.3 is 14.8 Å². The highest BCUT2D eigenvalue weighted by atomic mass is 35.5. The Labute approximate surface area is 162 Å². The number of fused-ring (bicyclic) bond motifs is 1. The molecule has 6 nitrogen and oxygen atoms in total. The zero-order chi connectivity index (χ0) is 19.4. The molecule has 1 N–H and O–H groups in total. The fourth-order valence-electron chi connectivity index (χ4n) is 2.42. The Kier molecular flexibility index (Phi) is 5.76. The smallest absolute Gasteiger partial charge is 0.360 e. The van der Waals surface area contributed by atoms with E-state index < -0.39 is 5.97 Å². The lowest BCUT2D eigenvalue weighted by atomic mass is 10.2. The Hall–Kier alpha value is -2.86. The van der Waals surface area contributed by atoms with Gasteiger partial charge in [-0.15, -0.1) is 0 Å². The van der Waals surface area contributed by atoms with Crippen molar-refractivity contribution in [2.45, 2.75) is 13.8 Å². The quantitative estimate of drug-likeness (QED) is 0.611. The molecule has 0 aliphatic rings. The minimum Gasteiger partial charge on any atom is -0.495 e. The number of para-hydroxylation sites is 2. The number of hydrogen-bond donors (Lipinski definition) is 1. The number of carbonyl (C=O) groups excluding carboxylic acids is 1. The van der Waals surface area contributed by atoms with Crippen LogP contribution in [0.3, 0.4) is 0 Å². The van der Waals surface area contributed by atoms with Crippen molar-refractivity contribution < 1.29 is 14.3 Å². The van der Waals surface area contributed by atoms with E-state index in [0.29, 0.717) is 39.9 Å². The van der Waals surface area contributed by atoms with Gasteiger partial charge in [-0.05, 0) is 36.2 Å². The number of nitrogens with zero attached hydrogens (tertiary/aromatic N) is 2. The first kappa shape index (κ1) is 18.9. The molecule has 0 amide bonds. The maximum atomic E-state index is 12.6. The molecule has 2 aromatic carbocycles. The summed E-state index contributed by atoms with van der Waals surface area (Å²) in [7, 11) is 1.55. The van der Waals surface area contributed by atoms with E-state index in [1.807, 2.05) is 32.0 Å². The van der Waals surface area contributed by atoms with Crippen molar-refractivity contribution in [1.82, 2.24) is 9.97 Å². The molecule has 0 spiro atoms. The van der Waals surface area contributed by atoms with Crippen LogP contribution in [0.25, 0.3) is 11.0 Å². The summed E-state index contributed by atoms with van der Waals surface area (Å²) in [5, 5.41) is 3.56. The highest BCUT2D eigenvalue weighted by molar-refractivity contribution is 6.32. The molecule has 1 aromatic heterocycles. The molecule has 0 radical (unpaired) electrons. The topological polar surface area (TPSA) is 73.3 Å². The predicted octanol–water partition coefficient (Wildman–Crippen LogP) is 4.85. The van der Waals surface area contributed by atoms with E-state index in [-0.39, 0.29) is 11.6 Å². The Morgan fingerprint density at radius 1 is 1.15 bits per heavy atom. The van der Waals surface area contributed by atoms with Crippen LogP contribution in [0.5, 0.6) is 5.75 Å². The third kappa shape index (κ3) is 4.46. The van der Waals surface area contributed by atoms with Crippen LogP contribution in [0.1, 0.15) is 24.3 Å². The summed E-state index contributed by atoms with van der Waals surface area (Å²) in [6.07, 6.45) is 0. The third-order valence-corrected chi connectivity index (χ3v) is 4.02. The fourth-order valence-corrected chi connectivity index (χ4v) is 2.68. The van der Waals surface area contributed by atoms with Crippen LogP contribution in [-0.4, -0.2) is 29.7 Å². The number of ether oxygens (including phenoxy) is 2. The molecule has 3 rings (SSSR count). The largest absolute Gasteiger partial charge is 0.495 e. The number of carbonyl (C=O) groups is 1. The van der Waals surface area contributed by atoms with Crippen molar-refractivity contribution in [2.24, 2.45) is 5.92 Å². The molecule has 0 saturated heterocycles. The van der Waals surface area contributed by atoms with E-state index in [1.54, 1.807) is 31.4 Å². The molecular weight excluding hydrogens is 366 g/mol. The highest BCUT2D eigenvalue weighted by Crippen LogP contribution is 2.29. The number of esters is 1. The first-order valence-corrected chi connectivity index (χ1v) is 8.90. The Morgan fingerprint density at radius 2 is 1.85 bits per heavy atom. The number of aromatic nitrogens is 2. The molecule has 3 aromatic rings. The van der Waals surface area contributed by atoms with Gasteiger partial charge in [0.05, 0.1) is 29.8 Å². The third-order valence-electron chi connectivity index (χ3n) is 3.73. The van der Waals surface area contributed by atoms with Crippen molar-refractivity contribution in [3.05, 3.63) is 53.2 Å². The number of hydrogen-bond acceptors (Lipinski definition) is 6. The second-order valence-electron chi connectivity index (χ2n) is 6.38. The maximum absolute atomic E-state index is 12.6. The molecule has 140 valence electrons. The van der Waals surface area contributed by atoms with Gasteiger partial charge in [-0.3, -0.25) is 0 Å². The number of rotatable bonds is 6. The first-order valence-electron chi connectivity index (χ1n) is 8.52. The minimum absolute atomic E-state index is 0.126. The number of nitrogens with one attached hydrogen (secondary N) is 1. The number of benzene rings is 2. The predicted molar refractivity (Wildman–Crippen MR) is 106 cm³/mol. The van der Waals surface area contributed by atoms with Crippen LogP contribution in [-0.2, 0) is 4.74 Å². The minimum atomic E-state index is -0.524. The van der Waals surface area contributed by atoms with Crippen LogP contribution in [0, 0.1) is 5.92 Å². The monoisotopic (exact) mass is 385 g/mol. The summed E-state index contributed by atoms with van der Waals surface area (Å²) in [4.78, 5) is 21.6. The van der Waals surface area contributed by atoms with Gasteiger partial charge in [0.2, 0.25) is 0 Å². The molecular formula is C20H20ClN3O3. The van der Waals surface area contributed by atoms with Crippen LogP contribution >= 0.6 is 11.6 Å². The lowest BCUT2D eigenvalue weighted by Gasteiger charge is -2.13. The van der Waals surface area contributed by atoms with E-state index in [9.17, 15) is 4.79 Å². The summed E-state index contributed by atoms with van der Waals surface area (Å²) in [5.41, 5.74) is 2.07. The van der Waals surface area contributed by atoms with E-state index in [1.165, 1.54) is 0 Å². The van der Waals surface area contributed by atoms with E-state index in [0.717, 1.165) is 0 Å². The van der Waals surface area contributed by atoms with Crippen molar-refractivity contribution in [3.8, 4) is 5.75 Å². The van der Waals surface area contributed by atoms with Gasteiger partial charge in [0, 0.05) is 5.69 Å². The van der Waals surface area contributed by atoms with E-state index >= 15 is 0 Å². The zero-order valence-electron chi connectivity index (χ0n) is 15.3. The molecule has 0 saturated carbocycles. The fraction of sp³-hybridized carbons (Fsp3) is 0.250. The van der Waals surface area contributed by atoms with E-state index in [2.05, 4.69) is 15.3 Å². The molecule has 0 fully saturated rings. The number of methoxy groups -OCH3 is 1. The second-order valence-corrected chi connectivity index (χ2v) is 6.78. The van der Waals surface area contributed by atoms with E-state index in [4.69, 9.17) is 21.1 Å². The number of anilines is 2. The Bertz CT molecular complexity index is 976. The molecule has 0 unspecified atom stereocenters. The normalized spacial score (nSPS) is 10.9. The summed E-state index contributed by atoms with van der Waals surface area (Å²) >= 11 is 6.19. The van der Waals surface area contributed by atoms with Crippen molar-refractivity contribution >= 4 is 40.1 Å². The zero-order valence-corrected chi connectivity index (χ0v) is 16.1. The molecule has 1 heterocycles. The molecule has 0 atom stereocenters. The van der Waals surface area contributed by atoms with Gasteiger partial charge in [-0.1, -0.05) is 37.6 Å². The Balaban J connectivity index is 2.00. The van der Waals surface area contributed by atoms with Crippen molar-refractivity contribution in [1.29, 1.82) is 0 Å². The highest BCUT2D eigenvalue weighted by Gasteiger charge is 2.19. The van der Waals surface area contributed by atoms with Crippen molar-refractivity contribution in [2.75, 3.05) is 19.0 Å². The van der Waals surface area contributed by atoms with Gasteiger partial charge in [0.15, 0.2) is 11.5 Å². The lowest BCUT2D eigenvalue weighted by Crippen LogP contribution is -2.15. The first-order chi connectivity index (χ1) is 13.0. The molecule has 0 aliphatic heterocycles. The average Bonchev–Trinajstić information content (AvgIpc) is 2.65. The molecule has 27 heavy (non-hydrogen) atoms. The number of halogens is 1. The van der Waals surface area contributed by atoms with Gasteiger partial charge in [0.25, 0.3) is 0 Å². The lowest BCUT2D eigenvalue weighted by molar-refractivity contribution is 0.0453. The summed E-state index contributed by atoms with van der Waals surface area (Å²) in [6, 6.07) is 12.5. The average molecular weight is 386 g/mol. The second kappa shape index (κ2) is 8.22. The standard InChI is InChI=1S/C20H20ClN3O3/c1-12(2)11-27-20(25)18-19(24-16-7-5-4-6-15(16)23-18)22-13-8-9-17(26-3)14(21)10-13/h4-10,12H,11H2,1-3H3,(H,22,24). The van der Waals surface area contributed by atoms with Gasteiger partial charge in [-0.25, -0.2) is 14.8 Å². The molecule has 7 heteroatoms. The summed E-state index contributed by atoms with van der Waals surface area (Å²) in [5.74, 6) is 0.565. The molecule has 0 aliphatic carbocycles. The van der Waals surface area contributed by atoms with Crippen LogP contribution in [0.15, 0.2) is 42.5 Å². The SMILES string of the molecule is COc1ccc(Nc2nc3ccccc3nc2C(=O)OCC(C)C)cc1Cl. The van der Waals surface area contributed by atoms with Crippen LogP contribution < -0.4 is 10.1 Å². The summed E-state index contributed by atoms with van der Waals surface area (Å²) in [6.45, 7) is 4.25. The Morgan fingerprint density at radius 3 is 2.48 bits per heavy atom. The molecule has 0 bridgehead atoms. The van der Waals surface area contributed by atoms with Gasteiger partial charge >= 0.3 is 5.97 Å². The van der Waals surface area contributed by atoms with Crippen LogP contribution in [0.2, 0.25) is 5.02 Å². The summed E-state index contributed by atoms with van der Waals surface area (Å²) < 4.78 is 10.5. The van der Waals surface area contributed by atoms with Gasteiger partial charge in [-0.2, -0.15) is 0 Å². The van der Waals surface area contributed by atoms with Crippen LogP contribution in [0.4, 0.5) is 11.5 Å².